The lowest BCUT2D eigenvalue weighted by atomic mass is 10.00. The zero-order valence-corrected chi connectivity index (χ0v) is 13.7. The molecule has 0 saturated carbocycles. The highest BCUT2D eigenvalue weighted by Crippen LogP contribution is 2.22. The Hall–Kier alpha value is -2.22. The summed E-state index contributed by atoms with van der Waals surface area (Å²) < 4.78 is 1.96. The molecule has 1 fully saturated rings. The number of aryl methyl sites for hydroxylation is 2. The third-order valence-electron chi connectivity index (χ3n) is 4.00. The normalized spacial score (nSPS) is 22.3. The van der Waals surface area contributed by atoms with Crippen molar-refractivity contribution in [3.8, 4) is 0 Å². The molecule has 1 aliphatic rings. The van der Waals surface area contributed by atoms with Gasteiger partial charge in [0.1, 0.15) is 5.54 Å². The maximum atomic E-state index is 12.3. The van der Waals surface area contributed by atoms with Crippen LogP contribution in [0.2, 0.25) is 0 Å². The van der Waals surface area contributed by atoms with Gasteiger partial charge in [-0.1, -0.05) is 6.92 Å². The number of aromatic nitrogens is 2. The lowest BCUT2D eigenvalue weighted by Gasteiger charge is -2.17. The van der Waals surface area contributed by atoms with Gasteiger partial charge in [-0.3, -0.25) is 9.20 Å². The number of fused-ring (bicyclic) bond motifs is 1. The third kappa shape index (κ3) is 2.02. The molecule has 1 unspecified atom stereocenters. The zero-order valence-electron chi connectivity index (χ0n) is 12.9. The van der Waals surface area contributed by atoms with E-state index in [2.05, 4.69) is 15.4 Å². The van der Waals surface area contributed by atoms with E-state index in [1.807, 2.05) is 30.6 Å². The third-order valence-corrected chi connectivity index (χ3v) is 4.94. The first kappa shape index (κ1) is 14.7. The molecule has 3 rings (SSSR count). The fourth-order valence-electron chi connectivity index (χ4n) is 2.40. The fraction of sp³-hybridized carbons (Fsp3) is 0.429. The van der Waals surface area contributed by atoms with E-state index in [9.17, 15) is 9.59 Å². The Morgan fingerprint density at radius 1 is 1.45 bits per heavy atom. The van der Waals surface area contributed by atoms with Crippen molar-refractivity contribution < 1.29 is 9.59 Å². The summed E-state index contributed by atoms with van der Waals surface area (Å²) in [5.41, 5.74) is 1.75. The number of urea groups is 1. The summed E-state index contributed by atoms with van der Waals surface area (Å²) in [6, 6.07) is -0.494. The van der Waals surface area contributed by atoms with Crippen LogP contribution in [0.15, 0.2) is 10.5 Å². The molecule has 7 nitrogen and oxygen atoms in total. The van der Waals surface area contributed by atoms with Crippen molar-refractivity contribution in [1.82, 2.24) is 19.7 Å². The van der Waals surface area contributed by atoms with E-state index in [-0.39, 0.29) is 5.91 Å². The molecule has 0 bridgehead atoms. The minimum atomic E-state index is -0.880. The van der Waals surface area contributed by atoms with E-state index >= 15 is 0 Å². The van der Waals surface area contributed by atoms with Crippen molar-refractivity contribution in [2.75, 3.05) is 0 Å². The van der Waals surface area contributed by atoms with E-state index in [0.717, 1.165) is 27.1 Å². The van der Waals surface area contributed by atoms with Crippen LogP contribution in [0.3, 0.4) is 0 Å². The van der Waals surface area contributed by atoms with Crippen LogP contribution in [0.4, 0.5) is 4.79 Å². The number of rotatable bonds is 3. The van der Waals surface area contributed by atoms with Crippen LogP contribution >= 0.6 is 11.3 Å². The van der Waals surface area contributed by atoms with Crippen molar-refractivity contribution in [1.29, 1.82) is 0 Å². The first-order chi connectivity index (χ1) is 10.4. The highest BCUT2D eigenvalue weighted by atomic mass is 32.1. The number of hydrogen-bond donors (Lipinski definition) is 1. The molecule has 22 heavy (non-hydrogen) atoms. The highest BCUT2D eigenvalue weighted by Gasteiger charge is 2.46. The molecule has 1 saturated heterocycles. The van der Waals surface area contributed by atoms with Gasteiger partial charge in [0.05, 0.1) is 17.6 Å². The minimum absolute atomic E-state index is 0.336. The summed E-state index contributed by atoms with van der Waals surface area (Å²) in [5.74, 6) is -0.336. The molecule has 0 aliphatic carbocycles. The number of nitrogens with zero attached hydrogens (tertiary/aromatic N) is 4. The van der Waals surface area contributed by atoms with E-state index in [1.165, 1.54) is 6.21 Å². The Kier molecular flexibility index (Phi) is 3.28. The fourth-order valence-corrected chi connectivity index (χ4v) is 3.32. The number of hydrogen-bond acceptors (Lipinski definition) is 5. The Morgan fingerprint density at radius 3 is 2.82 bits per heavy atom. The van der Waals surface area contributed by atoms with Crippen LogP contribution < -0.4 is 5.32 Å². The van der Waals surface area contributed by atoms with Gasteiger partial charge in [0.15, 0.2) is 4.96 Å². The van der Waals surface area contributed by atoms with Gasteiger partial charge in [-0.2, -0.15) is 5.10 Å². The summed E-state index contributed by atoms with van der Waals surface area (Å²) in [6.07, 6.45) is 2.04. The number of carbonyl (C=O) groups is 2. The number of amides is 3. The van der Waals surface area contributed by atoms with Crippen molar-refractivity contribution >= 4 is 34.5 Å². The second-order valence-corrected chi connectivity index (χ2v) is 6.39. The smallest absolute Gasteiger partial charge is 0.322 e. The van der Waals surface area contributed by atoms with Crippen LogP contribution in [0.25, 0.3) is 4.96 Å². The second-order valence-electron chi connectivity index (χ2n) is 5.55. The van der Waals surface area contributed by atoms with Gasteiger partial charge in [-0.15, -0.1) is 16.3 Å². The molecule has 3 amide bonds. The number of thiazole rings is 1. The number of imidazole rings is 1. The predicted octanol–water partition coefficient (Wildman–Crippen LogP) is 2.07. The van der Waals surface area contributed by atoms with Crippen molar-refractivity contribution in [3.05, 3.63) is 22.5 Å². The monoisotopic (exact) mass is 319 g/mol. The van der Waals surface area contributed by atoms with Gasteiger partial charge in [-0.05, 0) is 27.2 Å². The van der Waals surface area contributed by atoms with Gasteiger partial charge in [0.2, 0.25) is 0 Å². The molecule has 0 radical (unpaired) electrons. The number of hydrazone groups is 1. The van der Waals surface area contributed by atoms with E-state index in [4.69, 9.17) is 0 Å². The summed E-state index contributed by atoms with van der Waals surface area (Å²) in [5, 5.41) is 9.66. The average molecular weight is 319 g/mol. The molecule has 2 aromatic rings. The molecule has 1 aliphatic heterocycles. The molecule has 0 aromatic carbocycles. The topological polar surface area (TPSA) is 79.1 Å². The lowest BCUT2D eigenvalue weighted by molar-refractivity contribution is -0.130. The number of nitrogens with one attached hydrogen (secondary N) is 1. The number of carbonyl (C=O) groups excluding carboxylic acids is 2. The minimum Gasteiger partial charge on any atom is -0.322 e. The van der Waals surface area contributed by atoms with E-state index in [0.29, 0.717) is 6.42 Å². The number of imide groups is 1. The molecule has 2 aromatic heterocycles. The van der Waals surface area contributed by atoms with Gasteiger partial charge < -0.3 is 5.32 Å². The van der Waals surface area contributed by atoms with E-state index < -0.39 is 11.6 Å². The Labute approximate surface area is 131 Å². The zero-order chi connectivity index (χ0) is 16.1. The van der Waals surface area contributed by atoms with Crippen LogP contribution in [-0.2, 0) is 4.79 Å². The molecular weight excluding hydrogens is 302 g/mol. The van der Waals surface area contributed by atoms with Crippen molar-refractivity contribution in [3.63, 3.8) is 0 Å². The molecule has 0 spiro atoms. The summed E-state index contributed by atoms with van der Waals surface area (Å²) >= 11 is 1.54. The van der Waals surface area contributed by atoms with Gasteiger partial charge in [-0.25, -0.2) is 9.78 Å². The standard InChI is InChI=1S/C14H17N5O2S/c1-5-14(4)11(20)19(12(21)17-14)15-6-10-9(3)16-13-18(10)8(2)7-22-13/h6-7H,5H2,1-4H3,(H,17,21)/b15-6+. The molecule has 1 N–H and O–H groups in total. The SMILES string of the molecule is CCC1(C)NC(=O)N(/N=C/c2c(C)nc3scc(C)n23)C1=O. The van der Waals surface area contributed by atoms with Crippen molar-refractivity contribution in [2.24, 2.45) is 5.10 Å². The molecular formula is C14H17N5O2S. The van der Waals surface area contributed by atoms with Gasteiger partial charge >= 0.3 is 6.03 Å². The lowest BCUT2D eigenvalue weighted by Crippen LogP contribution is -2.42. The van der Waals surface area contributed by atoms with Crippen LogP contribution in [0.5, 0.6) is 0 Å². The predicted molar refractivity (Wildman–Crippen MR) is 84.2 cm³/mol. The molecule has 116 valence electrons. The summed E-state index contributed by atoms with van der Waals surface area (Å²) in [6.45, 7) is 7.41. The first-order valence-corrected chi connectivity index (χ1v) is 7.89. The van der Waals surface area contributed by atoms with Crippen LogP contribution in [-0.4, -0.2) is 38.1 Å². The Bertz CT molecular complexity index is 806. The van der Waals surface area contributed by atoms with Crippen LogP contribution in [0, 0.1) is 13.8 Å². The maximum absolute atomic E-state index is 12.3. The van der Waals surface area contributed by atoms with Crippen LogP contribution in [0.1, 0.15) is 37.4 Å². The Morgan fingerprint density at radius 2 is 2.18 bits per heavy atom. The quantitative estimate of drug-likeness (QED) is 0.695. The highest BCUT2D eigenvalue weighted by molar-refractivity contribution is 7.15. The van der Waals surface area contributed by atoms with Gasteiger partial charge in [0.25, 0.3) is 5.91 Å². The summed E-state index contributed by atoms with van der Waals surface area (Å²) in [4.78, 5) is 29.6. The Balaban J connectivity index is 1.97. The molecule has 3 heterocycles. The average Bonchev–Trinajstić information content (AvgIpc) is 3.05. The van der Waals surface area contributed by atoms with Crippen molar-refractivity contribution in [2.45, 2.75) is 39.7 Å². The summed E-state index contributed by atoms with van der Waals surface area (Å²) in [7, 11) is 0. The van der Waals surface area contributed by atoms with E-state index in [1.54, 1.807) is 18.3 Å². The molecule has 8 heteroatoms. The first-order valence-electron chi connectivity index (χ1n) is 7.01. The second kappa shape index (κ2) is 4.91. The maximum Gasteiger partial charge on any atom is 0.346 e. The van der Waals surface area contributed by atoms with Gasteiger partial charge in [0, 0.05) is 11.1 Å². The largest absolute Gasteiger partial charge is 0.346 e. The molecule has 1 atom stereocenters.